The van der Waals surface area contributed by atoms with Crippen LogP contribution in [0.4, 0.5) is 0 Å². The number of carbonyl (C=O) groups is 3. The van der Waals surface area contributed by atoms with Crippen molar-refractivity contribution in [1.29, 1.82) is 0 Å². The third kappa shape index (κ3) is 57.3. The topological polar surface area (TPSA) is 78.9 Å². The number of esters is 3. The molecule has 6 nitrogen and oxygen atoms in total. The lowest BCUT2D eigenvalue weighted by atomic mass is 10.0. The first kappa shape index (κ1) is 68.4. The van der Waals surface area contributed by atoms with Gasteiger partial charge in [0.25, 0.3) is 0 Å². The van der Waals surface area contributed by atoms with Gasteiger partial charge in [-0.25, -0.2) is 0 Å². The fourth-order valence-electron chi connectivity index (χ4n) is 9.99. The van der Waals surface area contributed by atoms with E-state index < -0.39 is 6.10 Å². The molecule has 0 spiro atoms. The first-order valence-electron chi connectivity index (χ1n) is 31.9. The maximum Gasteiger partial charge on any atom is 0.306 e. The second-order valence-corrected chi connectivity index (χ2v) is 22.5. The van der Waals surface area contributed by atoms with E-state index in [-0.39, 0.29) is 31.1 Å². The summed E-state index contributed by atoms with van der Waals surface area (Å²) in [5.74, 6) is 0.0321. The molecule has 70 heavy (non-hydrogen) atoms. The number of ether oxygens (including phenoxy) is 3. The summed E-state index contributed by atoms with van der Waals surface area (Å²) in [4.78, 5) is 38.3. The zero-order chi connectivity index (χ0) is 50.9. The summed E-state index contributed by atoms with van der Waals surface area (Å²) in [5, 5.41) is 0. The van der Waals surface area contributed by atoms with Gasteiger partial charge < -0.3 is 14.2 Å². The quantitative estimate of drug-likeness (QED) is 0.0343. The van der Waals surface area contributed by atoms with Crippen LogP contribution in [-0.4, -0.2) is 37.2 Å². The summed E-state index contributed by atoms with van der Waals surface area (Å²) in [6.07, 6.45) is 65.3. The molecule has 0 fully saturated rings. The molecule has 0 amide bonds. The molecule has 1 atom stereocenters. The Labute approximate surface area is 438 Å². The molecule has 0 aromatic carbocycles. The molecular weight excluding hydrogens is 865 g/mol. The molecule has 0 aliphatic rings. The molecule has 0 heterocycles. The van der Waals surface area contributed by atoms with Crippen LogP contribution in [0.5, 0.6) is 0 Å². The van der Waals surface area contributed by atoms with Gasteiger partial charge in [-0.3, -0.25) is 14.4 Å². The lowest BCUT2D eigenvalue weighted by molar-refractivity contribution is -0.167. The zero-order valence-electron chi connectivity index (χ0n) is 48.0. The molecule has 416 valence electrons. The SMILES string of the molecule is CCCCCCCCCCCCCCCCCCC(=O)O[C@@H](COC(=O)CCCCCCCCCCCCCCCCC)COC(=O)CCCCCCCCCCCCCCCCCCCCC(C)C. The van der Waals surface area contributed by atoms with Crippen LogP contribution in [0.2, 0.25) is 0 Å². The molecule has 6 heteroatoms. The first-order valence-corrected chi connectivity index (χ1v) is 31.9. The minimum Gasteiger partial charge on any atom is -0.462 e. The first-order chi connectivity index (χ1) is 34.4. The molecule has 0 aromatic rings. The van der Waals surface area contributed by atoms with Crippen molar-refractivity contribution in [3.63, 3.8) is 0 Å². The second-order valence-electron chi connectivity index (χ2n) is 22.5. The summed E-state index contributed by atoms with van der Waals surface area (Å²) in [5.41, 5.74) is 0. The number of unbranched alkanes of at least 4 members (excludes halogenated alkanes) is 46. The van der Waals surface area contributed by atoms with Crippen molar-refractivity contribution in [3.05, 3.63) is 0 Å². The van der Waals surface area contributed by atoms with E-state index in [9.17, 15) is 14.4 Å². The summed E-state index contributed by atoms with van der Waals surface area (Å²) >= 11 is 0. The van der Waals surface area contributed by atoms with Crippen LogP contribution in [0.1, 0.15) is 368 Å². The Morgan fingerprint density at radius 2 is 0.471 bits per heavy atom. The van der Waals surface area contributed by atoms with Crippen LogP contribution in [0.25, 0.3) is 0 Å². The van der Waals surface area contributed by atoms with Gasteiger partial charge in [-0.1, -0.05) is 329 Å². The highest BCUT2D eigenvalue weighted by molar-refractivity contribution is 5.71. The molecule has 0 unspecified atom stereocenters. The Kier molecular flexibility index (Phi) is 57.0. The lowest BCUT2D eigenvalue weighted by Crippen LogP contribution is -2.30. The van der Waals surface area contributed by atoms with Gasteiger partial charge in [0.2, 0.25) is 0 Å². The summed E-state index contributed by atoms with van der Waals surface area (Å²) in [7, 11) is 0. The van der Waals surface area contributed by atoms with Crippen molar-refractivity contribution >= 4 is 17.9 Å². The lowest BCUT2D eigenvalue weighted by Gasteiger charge is -2.18. The van der Waals surface area contributed by atoms with Crippen LogP contribution < -0.4 is 0 Å². The third-order valence-electron chi connectivity index (χ3n) is 14.8. The average molecular weight is 990 g/mol. The fraction of sp³-hybridized carbons (Fsp3) is 0.953. The van der Waals surface area contributed by atoms with Crippen LogP contribution in [0, 0.1) is 5.92 Å². The minimum atomic E-state index is -0.762. The molecule has 0 rings (SSSR count). The van der Waals surface area contributed by atoms with Crippen molar-refractivity contribution in [1.82, 2.24) is 0 Å². The van der Waals surface area contributed by atoms with Crippen LogP contribution >= 0.6 is 0 Å². The van der Waals surface area contributed by atoms with E-state index >= 15 is 0 Å². The highest BCUT2D eigenvalue weighted by atomic mass is 16.6. The Bertz CT molecular complexity index is 1060. The average Bonchev–Trinajstić information content (AvgIpc) is 3.35. The second kappa shape index (κ2) is 58.3. The van der Waals surface area contributed by atoms with E-state index in [4.69, 9.17) is 14.2 Å². The standard InChI is InChI=1S/C64H124O6/c1-5-7-9-11-13-15-17-19-21-28-33-37-41-45-49-53-57-64(67)70-61(58-68-62(65)55-51-47-43-39-35-31-26-20-18-16-14-12-10-8-6-2)59-69-63(66)56-52-48-44-40-36-32-29-25-23-22-24-27-30-34-38-42-46-50-54-60(3)4/h60-61H,5-59H2,1-4H3/t61-/m0/s1. The van der Waals surface area contributed by atoms with E-state index in [1.165, 1.54) is 263 Å². The largest absolute Gasteiger partial charge is 0.462 e. The Hall–Kier alpha value is -1.59. The molecule has 0 aromatic heterocycles. The molecule has 0 saturated carbocycles. The van der Waals surface area contributed by atoms with Crippen molar-refractivity contribution in [2.45, 2.75) is 374 Å². The summed E-state index contributed by atoms with van der Waals surface area (Å²) in [6, 6.07) is 0. The van der Waals surface area contributed by atoms with Gasteiger partial charge in [-0.2, -0.15) is 0 Å². The molecule has 0 aliphatic heterocycles. The molecule has 0 saturated heterocycles. The highest BCUT2D eigenvalue weighted by Crippen LogP contribution is 2.19. The van der Waals surface area contributed by atoms with E-state index in [1.54, 1.807) is 0 Å². The summed E-state index contributed by atoms with van der Waals surface area (Å²) in [6.45, 7) is 9.10. The van der Waals surface area contributed by atoms with Gasteiger partial charge in [0, 0.05) is 19.3 Å². The number of rotatable bonds is 59. The molecule has 0 aliphatic carbocycles. The van der Waals surface area contributed by atoms with E-state index in [1.807, 2.05) is 0 Å². The Morgan fingerprint density at radius 3 is 0.700 bits per heavy atom. The summed E-state index contributed by atoms with van der Waals surface area (Å²) < 4.78 is 17.0. The Morgan fingerprint density at radius 1 is 0.271 bits per heavy atom. The van der Waals surface area contributed by atoms with Crippen LogP contribution in [0.15, 0.2) is 0 Å². The maximum absolute atomic E-state index is 12.9. The van der Waals surface area contributed by atoms with Gasteiger partial charge in [0.15, 0.2) is 6.10 Å². The van der Waals surface area contributed by atoms with Crippen molar-refractivity contribution in [2.24, 2.45) is 5.92 Å². The van der Waals surface area contributed by atoms with Gasteiger partial charge >= 0.3 is 17.9 Å². The highest BCUT2D eigenvalue weighted by Gasteiger charge is 2.19. The maximum atomic E-state index is 12.9. The van der Waals surface area contributed by atoms with Gasteiger partial charge in [0.1, 0.15) is 13.2 Å². The van der Waals surface area contributed by atoms with Gasteiger partial charge in [-0.05, 0) is 25.2 Å². The Balaban J connectivity index is 4.25. The van der Waals surface area contributed by atoms with E-state index in [0.29, 0.717) is 19.3 Å². The minimum absolute atomic E-state index is 0.0611. The zero-order valence-corrected chi connectivity index (χ0v) is 48.0. The number of hydrogen-bond donors (Lipinski definition) is 0. The molecule has 0 bridgehead atoms. The molecule has 0 N–H and O–H groups in total. The van der Waals surface area contributed by atoms with Crippen molar-refractivity contribution < 1.29 is 28.6 Å². The smallest absolute Gasteiger partial charge is 0.306 e. The predicted octanol–water partition coefficient (Wildman–Crippen LogP) is 21.4. The van der Waals surface area contributed by atoms with Gasteiger partial charge in [-0.15, -0.1) is 0 Å². The normalized spacial score (nSPS) is 12.0. The van der Waals surface area contributed by atoms with Crippen LogP contribution in [0.3, 0.4) is 0 Å². The molecular formula is C64H124O6. The number of carbonyl (C=O) groups excluding carboxylic acids is 3. The van der Waals surface area contributed by atoms with Crippen molar-refractivity contribution in [3.8, 4) is 0 Å². The van der Waals surface area contributed by atoms with E-state index in [0.717, 1.165) is 63.7 Å². The van der Waals surface area contributed by atoms with E-state index in [2.05, 4.69) is 27.7 Å². The number of hydrogen-bond acceptors (Lipinski definition) is 6. The fourth-order valence-corrected chi connectivity index (χ4v) is 9.99. The predicted molar refractivity (Wildman–Crippen MR) is 303 cm³/mol. The monoisotopic (exact) mass is 989 g/mol. The molecule has 0 radical (unpaired) electrons. The van der Waals surface area contributed by atoms with Crippen LogP contribution in [-0.2, 0) is 28.6 Å². The van der Waals surface area contributed by atoms with Gasteiger partial charge in [0.05, 0.1) is 0 Å². The third-order valence-corrected chi connectivity index (χ3v) is 14.8. The van der Waals surface area contributed by atoms with Crippen molar-refractivity contribution in [2.75, 3.05) is 13.2 Å².